The number of anilines is 1. The van der Waals surface area contributed by atoms with E-state index in [1.165, 1.54) is 16.4 Å². The smallest absolute Gasteiger partial charge is 0.307 e. The Bertz CT molecular complexity index is 988. The Morgan fingerprint density at radius 1 is 1.33 bits per heavy atom. The van der Waals surface area contributed by atoms with Crippen molar-refractivity contribution in [2.45, 2.75) is 32.9 Å². The highest BCUT2D eigenvalue weighted by molar-refractivity contribution is 5.95. The Morgan fingerprint density at radius 3 is 2.78 bits per heavy atom. The van der Waals surface area contributed by atoms with Crippen LogP contribution in [0.25, 0.3) is 0 Å². The molecule has 0 spiro atoms. The van der Waals surface area contributed by atoms with Crippen LogP contribution in [0.5, 0.6) is 0 Å². The first kappa shape index (κ1) is 18.3. The van der Waals surface area contributed by atoms with E-state index in [1.54, 1.807) is 30.8 Å². The van der Waals surface area contributed by atoms with Gasteiger partial charge in [-0.15, -0.1) is 0 Å². The van der Waals surface area contributed by atoms with Crippen molar-refractivity contribution in [2.24, 2.45) is 0 Å². The van der Waals surface area contributed by atoms with Crippen molar-refractivity contribution in [3.05, 3.63) is 70.2 Å². The number of nitrogens with one attached hydrogen (secondary N) is 1. The molecular weight excluding hydrogens is 348 g/mol. The van der Waals surface area contributed by atoms with E-state index >= 15 is 0 Å². The number of carbonyl (C=O) groups is 1. The van der Waals surface area contributed by atoms with Crippen molar-refractivity contribution >= 4 is 17.4 Å². The molecule has 0 saturated heterocycles. The predicted molar refractivity (Wildman–Crippen MR) is 99.3 cm³/mol. The maximum absolute atomic E-state index is 12.6. The Balaban J connectivity index is 1.70. The predicted octanol–water partition coefficient (Wildman–Crippen LogP) is 2.72. The topological polar surface area (TPSA) is 108 Å². The Kier molecular flexibility index (Phi) is 4.76. The molecule has 0 saturated carbocycles. The van der Waals surface area contributed by atoms with Crippen molar-refractivity contribution in [3.63, 3.8) is 0 Å². The van der Waals surface area contributed by atoms with E-state index in [4.69, 9.17) is 0 Å². The standard InChI is InChI=1S/C18H20N6O3/c1-13-5-4-6-14(9-13)11-22-8-7-16(21-22)20-17(25)18(2,3)23-12-15(10-19-23)24(26)27/h4-10,12H,11H2,1-3H3,(H,20,21,25). The Hall–Kier alpha value is -3.49. The number of aryl methyl sites for hydroxylation is 1. The fourth-order valence-corrected chi connectivity index (χ4v) is 2.60. The number of rotatable bonds is 6. The number of aromatic nitrogens is 4. The van der Waals surface area contributed by atoms with Crippen LogP contribution in [0.15, 0.2) is 48.9 Å². The van der Waals surface area contributed by atoms with Gasteiger partial charge in [-0.1, -0.05) is 29.8 Å². The second-order valence-corrected chi connectivity index (χ2v) is 6.80. The fourth-order valence-electron chi connectivity index (χ4n) is 2.60. The van der Waals surface area contributed by atoms with Crippen LogP contribution in [0.1, 0.15) is 25.0 Å². The lowest BCUT2D eigenvalue weighted by atomic mass is 10.1. The van der Waals surface area contributed by atoms with E-state index in [2.05, 4.69) is 21.6 Å². The lowest BCUT2D eigenvalue weighted by molar-refractivity contribution is -0.385. The number of nitrogens with zero attached hydrogens (tertiary/aromatic N) is 5. The summed E-state index contributed by atoms with van der Waals surface area (Å²) in [6.45, 7) is 5.87. The minimum atomic E-state index is -1.12. The van der Waals surface area contributed by atoms with Crippen LogP contribution in [-0.4, -0.2) is 30.4 Å². The van der Waals surface area contributed by atoms with Gasteiger partial charge in [0, 0.05) is 12.3 Å². The summed E-state index contributed by atoms with van der Waals surface area (Å²) in [6, 6.07) is 9.81. The Morgan fingerprint density at radius 2 is 2.11 bits per heavy atom. The third-order valence-corrected chi connectivity index (χ3v) is 4.22. The third kappa shape index (κ3) is 4.02. The lowest BCUT2D eigenvalue weighted by Gasteiger charge is -2.23. The molecule has 1 aromatic carbocycles. The van der Waals surface area contributed by atoms with E-state index in [9.17, 15) is 14.9 Å². The molecule has 2 aromatic heterocycles. The van der Waals surface area contributed by atoms with E-state index in [0.29, 0.717) is 12.4 Å². The molecule has 0 unspecified atom stereocenters. The molecule has 0 aliphatic rings. The van der Waals surface area contributed by atoms with E-state index in [-0.39, 0.29) is 11.6 Å². The highest BCUT2D eigenvalue weighted by Gasteiger charge is 2.32. The van der Waals surface area contributed by atoms with Crippen LogP contribution in [0.3, 0.4) is 0 Å². The largest absolute Gasteiger partial charge is 0.307 e. The van der Waals surface area contributed by atoms with Gasteiger partial charge in [-0.25, -0.2) is 0 Å². The summed E-state index contributed by atoms with van der Waals surface area (Å²) in [4.78, 5) is 22.9. The van der Waals surface area contributed by atoms with Crippen molar-refractivity contribution < 1.29 is 9.72 Å². The number of hydrogen-bond acceptors (Lipinski definition) is 5. The zero-order valence-electron chi connectivity index (χ0n) is 15.3. The van der Waals surface area contributed by atoms with Gasteiger partial charge in [0.25, 0.3) is 5.91 Å². The van der Waals surface area contributed by atoms with Gasteiger partial charge in [-0.05, 0) is 26.3 Å². The maximum atomic E-state index is 12.6. The summed E-state index contributed by atoms with van der Waals surface area (Å²) in [7, 11) is 0. The molecule has 0 bridgehead atoms. The van der Waals surface area contributed by atoms with Crippen LogP contribution in [0.2, 0.25) is 0 Å². The van der Waals surface area contributed by atoms with Gasteiger partial charge in [0.1, 0.15) is 17.9 Å². The van der Waals surface area contributed by atoms with Crippen LogP contribution >= 0.6 is 0 Å². The van der Waals surface area contributed by atoms with Gasteiger partial charge in [-0.2, -0.15) is 10.2 Å². The zero-order chi connectivity index (χ0) is 19.6. The zero-order valence-corrected chi connectivity index (χ0v) is 15.3. The molecule has 2 heterocycles. The van der Waals surface area contributed by atoms with Crippen LogP contribution in [0, 0.1) is 17.0 Å². The molecule has 0 radical (unpaired) electrons. The lowest BCUT2D eigenvalue weighted by Crippen LogP contribution is -2.40. The molecule has 140 valence electrons. The maximum Gasteiger partial charge on any atom is 0.307 e. The first-order valence-electron chi connectivity index (χ1n) is 8.36. The first-order chi connectivity index (χ1) is 12.8. The molecule has 9 heteroatoms. The molecule has 3 aromatic rings. The van der Waals surface area contributed by atoms with Gasteiger partial charge < -0.3 is 5.32 Å². The average molecular weight is 368 g/mol. The summed E-state index contributed by atoms with van der Waals surface area (Å²) < 4.78 is 3.00. The van der Waals surface area contributed by atoms with Crippen LogP contribution in [0.4, 0.5) is 11.5 Å². The Labute approximate surface area is 155 Å². The van der Waals surface area contributed by atoms with Crippen LogP contribution in [-0.2, 0) is 16.9 Å². The average Bonchev–Trinajstić information content (AvgIpc) is 3.25. The van der Waals surface area contributed by atoms with Gasteiger partial charge in [0.05, 0.1) is 11.5 Å². The fraction of sp³-hybridized carbons (Fsp3) is 0.278. The SMILES string of the molecule is Cc1cccc(Cn2ccc(NC(=O)C(C)(C)n3cc([N+](=O)[O-])cn3)n2)c1. The summed E-state index contributed by atoms with van der Waals surface area (Å²) in [5.74, 6) is 0.0312. The van der Waals surface area contributed by atoms with Crippen molar-refractivity contribution in [1.82, 2.24) is 19.6 Å². The molecule has 9 nitrogen and oxygen atoms in total. The van der Waals surface area contributed by atoms with Gasteiger partial charge in [0.2, 0.25) is 0 Å². The number of benzene rings is 1. The van der Waals surface area contributed by atoms with Crippen molar-refractivity contribution in [3.8, 4) is 0 Å². The third-order valence-electron chi connectivity index (χ3n) is 4.22. The molecule has 27 heavy (non-hydrogen) atoms. The molecule has 0 aliphatic heterocycles. The monoisotopic (exact) mass is 368 g/mol. The summed E-state index contributed by atoms with van der Waals surface area (Å²) in [5.41, 5.74) is 0.996. The van der Waals surface area contributed by atoms with Gasteiger partial charge in [-0.3, -0.25) is 24.3 Å². The molecule has 0 atom stereocenters. The van der Waals surface area contributed by atoms with Gasteiger partial charge in [0.15, 0.2) is 5.82 Å². The number of carbonyl (C=O) groups excluding carboxylic acids is 1. The number of nitro groups is 1. The van der Waals surface area contributed by atoms with E-state index < -0.39 is 10.5 Å². The van der Waals surface area contributed by atoms with E-state index in [0.717, 1.165) is 11.8 Å². The highest BCUT2D eigenvalue weighted by atomic mass is 16.6. The molecule has 1 amide bonds. The molecule has 3 rings (SSSR count). The summed E-state index contributed by atoms with van der Waals surface area (Å²) in [6.07, 6.45) is 4.13. The molecule has 0 aliphatic carbocycles. The van der Waals surface area contributed by atoms with E-state index in [1.807, 2.05) is 25.1 Å². The number of amides is 1. The minimum absolute atomic E-state index is 0.168. The molecule has 0 fully saturated rings. The van der Waals surface area contributed by atoms with Gasteiger partial charge >= 0.3 is 5.69 Å². The summed E-state index contributed by atoms with van der Waals surface area (Å²) >= 11 is 0. The molecular formula is C18H20N6O3. The number of hydrogen-bond donors (Lipinski definition) is 1. The normalized spacial score (nSPS) is 11.4. The first-order valence-corrected chi connectivity index (χ1v) is 8.36. The van der Waals surface area contributed by atoms with Crippen LogP contribution < -0.4 is 5.32 Å². The second kappa shape index (κ2) is 7.02. The molecule has 1 N–H and O–H groups in total. The minimum Gasteiger partial charge on any atom is -0.307 e. The highest BCUT2D eigenvalue weighted by Crippen LogP contribution is 2.20. The quantitative estimate of drug-likeness (QED) is 0.532. The summed E-state index contributed by atoms with van der Waals surface area (Å²) in [5, 5.41) is 21.8. The second-order valence-electron chi connectivity index (χ2n) is 6.80. The van der Waals surface area contributed by atoms with Crippen molar-refractivity contribution in [1.29, 1.82) is 0 Å². The van der Waals surface area contributed by atoms with Crippen molar-refractivity contribution in [2.75, 3.05) is 5.32 Å².